The van der Waals surface area contributed by atoms with Crippen LogP contribution in [-0.2, 0) is 30.4 Å². The number of hydrogen-bond acceptors (Lipinski definition) is 7. The van der Waals surface area contributed by atoms with E-state index >= 15 is 0 Å². The molecule has 1 aromatic carbocycles. The Bertz CT molecular complexity index is 757. The molecule has 4 atom stereocenters. The fraction of sp³-hybridized carbons (Fsp3) is 0.526. The fourth-order valence-electron chi connectivity index (χ4n) is 3.06. The number of carbonyl (C=O) groups is 3. The first kappa shape index (κ1) is 19.3. The van der Waals surface area contributed by atoms with Crippen molar-refractivity contribution < 1.29 is 33.7 Å². The summed E-state index contributed by atoms with van der Waals surface area (Å²) in [5.74, 6) is -2.25. The van der Waals surface area contributed by atoms with Gasteiger partial charge in [-0.3, -0.25) is 4.79 Å². The molecule has 2 amide bonds. The Morgan fingerprint density at radius 1 is 1.26 bits per heavy atom. The van der Waals surface area contributed by atoms with Crippen LogP contribution in [0.3, 0.4) is 0 Å². The zero-order chi connectivity index (χ0) is 20.0. The number of amides is 2. The quantitative estimate of drug-likeness (QED) is 0.482. The number of fused-ring (bicyclic) bond motifs is 1. The number of benzene rings is 1. The van der Waals surface area contributed by atoms with Gasteiger partial charge in [0.05, 0.1) is 6.04 Å². The molecule has 27 heavy (non-hydrogen) atoms. The maximum atomic E-state index is 12.9. The van der Waals surface area contributed by atoms with Gasteiger partial charge in [0.25, 0.3) is 11.5 Å². The Labute approximate surface area is 157 Å². The van der Waals surface area contributed by atoms with Crippen LogP contribution in [0.15, 0.2) is 30.3 Å². The van der Waals surface area contributed by atoms with Gasteiger partial charge in [-0.05, 0) is 33.3 Å². The molecule has 0 aromatic heterocycles. The molecule has 0 spiro atoms. The Balaban J connectivity index is 1.78. The summed E-state index contributed by atoms with van der Waals surface area (Å²) in [6.45, 7) is 6.44. The summed E-state index contributed by atoms with van der Waals surface area (Å²) in [5, 5.41) is 10.8. The second-order valence-corrected chi connectivity index (χ2v) is 7.75. The molecule has 2 aliphatic rings. The van der Waals surface area contributed by atoms with Gasteiger partial charge >= 0.3 is 12.1 Å². The van der Waals surface area contributed by atoms with Gasteiger partial charge in [0.2, 0.25) is 0 Å². The maximum Gasteiger partial charge on any atom is 0.417 e. The molecular formula is C19H23NO7. The predicted molar refractivity (Wildman–Crippen MR) is 92.4 cm³/mol. The lowest BCUT2D eigenvalue weighted by Crippen LogP contribution is -2.67. The fourth-order valence-corrected chi connectivity index (χ4v) is 3.06. The second-order valence-electron chi connectivity index (χ2n) is 7.75. The number of ether oxygens (including phenoxy) is 3. The SMILES string of the molecule is C[C@@H]1[C@H]2O[C@H]2[C@@](O)(C(=O)OCc2ccccc2)C(=O)N1C(=O)OC(C)(C)C. The molecule has 2 fully saturated rings. The number of likely N-dealkylation sites (tertiary alicyclic amines) is 1. The molecule has 0 bridgehead atoms. The van der Waals surface area contributed by atoms with E-state index in [0.717, 1.165) is 4.90 Å². The summed E-state index contributed by atoms with van der Waals surface area (Å²) in [5.41, 5.74) is -2.73. The van der Waals surface area contributed by atoms with Crippen LogP contribution in [0.2, 0.25) is 0 Å². The molecule has 8 heteroatoms. The lowest BCUT2D eigenvalue weighted by Gasteiger charge is -2.37. The lowest BCUT2D eigenvalue weighted by molar-refractivity contribution is -0.181. The first-order valence-electron chi connectivity index (χ1n) is 8.71. The van der Waals surface area contributed by atoms with E-state index in [9.17, 15) is 19.5 Å². The van der Waals surface area contributed by atoms with Crippen molar-refractivity contribution in [1.82, 2.24) is 4.90 Å². The molecule has 8 nitrogen and oxygen atoms in total. The average Bonchev–Trinajstić information content (AvgIpc) is 3.39. The van der Waals surface area contributed by atoms with Gasteiger partial charge in [-0.25, -0.2) is 14.5 Å². The van der Waals surface area contributed by atoms with Crippen LogP contribution >= 0.6 is 0 Å². The standard InChI is InChI=1S/C19H23NO7/c1-11-13-14(26-13)19(24,15(21)20(11)17(23)27-18(2,3)4)16(22)25-10-12-8-6-5-7-9-12/h5-9,11,13-14,24H,10H2,1-4H3/t11-,13-,14-,19+/m1/s1. The zero-order valence-electron chi connectivity index (χ0n) is 15.7. The van der Waals surface area contributed by atoms with Crippen LogP contribution in [-0.4, -0.2) is 57.4 Å². The highest BCUT2D eigenvalue weighted by molar-refractivity contribution is 6.12. The summed E-state index contributed by atoms with van der Waals surface area (Å²) >= 11 is 0. The number of esters is 1. The molecule has 2 aliphatic heterocycles. The van der Waals surface area contributed by atoms with E-state index in [0.29, 0.717) is 5.56 Å². The summed E-state index contributed by atoms with van der Waals surface area (Å²) < 4.78 is 15.7. The number of imide groups is 1. The number of rotatable bonds is 3. The minimum Gasteiger partial charge on any atom is -0.458 e. The van der Waals surface area contributed by atoms with Crippen LogP contribution in [0.25, 0.3) is 0 Å². The Kier molecular flexibility index (Phi) is 4.73. The van der Waals surface area contributed by atoms with Crippen LogP contribution < -0.4 is 0 Å². The highest BCUT2D eigenvalue weighted by Gasteiger charge is 2.72. The van der Waals surface area contributed by atoms with Crippen molar-refractivity contribution in [2.24, 2.45) is 0 Å². The number of epoxide rings is 1. The van der Waals surface area contributed by atoms with Gasteiger partial charge in [-0.2, -0.15) is 0 Å². The van der Waals surface area contributed by atoms with Crippen molar-refractivity contribution in [2.75, 3.05) is 0 Å². The molecule has 2 heterocycles. The number of piperidine rings is 1. The molecule has 1 N–H and O–H groups in total. The minimum atomic E-state index is -2.58. The highest BCUT2D eigenvalue weighted by atomic mass is 16.6. The molecule has 3 rings (SSSR count). The van der Waals surface area contributed by atoms with Crippen LogP contribution in [0.1, 0.15) is 33.3 Å². The number of aliphatic hydroxyl groups is 1. The van der Waals surface area contributed by atoms with E-state index in [2.05, 4.69) is 0 Å². The van der Waals surface area contributed by atoms with E-state index in [1.807, 2.05) is 6.07 Å². The smallest absolute Gasteiger partial charge is 0.417 e. The topological polar surface area (TPSA) is 106 Å². The Morgan fingerprint density at radius 3 is 2.48 bits per heavy atom. The predicted octanol–water partition coefficient (Wildman–Crippen LogP) is 1.39. The van der Waals surface area contributed by atoms with Gasteiger partial charge in [-0.15, -0.1) is 0 Å². The van der Waals surface area contributed by atoms with E-state index < -0.39 is 47.4 Å². The molecule has 146 valence electrons. The molecule has 1 aromatic rings. The lowest BCUT2D eigenvalue weighted by atomic mass is 9.88. The first-order valence-corrected chi connectivity index (χ1v) is 8.71. The van der Waals surface area contributed by atoms with Crippen LogP contribution in [0, 0.1) is 0 Å². The van der Waals surface area contributed by atoms with Crippen LogP contribution in [0.4, 0.5) is 4.79 Å². The van der Waals surface area contributed by atoms with Crippen molar-refractivity contribution in [1.29, 1.82) is 0 Å². The molecular weight excluding hydrogens is 354 g/mol. The monoisotopic (exact) mass is 377 g/mol. The molecule has 2 saturated heterocycles. The van der Waals surface area contributed by atoms with Crippen LogP contribution in [0.5, 0.6) is 0 Å². The van der Waals surface area contributed by atoms with Crippen molar-refractivity contribution in [3.8, 4) is 0 Å². The molecule has 0 saturated carbocycles. The van der Waals surface area contributed by atoms with E-state index in [4.69, 9.17) is 14.2 Å². The van der Waals surface area contributed by atoms with E-state index in [-0.39, 0.29) is 6.61 Å². The minimum absolute atomic E-state index is 0.116. The van der Waals surface area contributed by atoms with Crippen molar-refractivity contribution in [3.05, 3.63) is 35.9 Å². The number of carbonyl (C=O) groups excluding carboxylic acids is 3. The Hall–Kier alpha value is -2.45. The van der Waals surface area contributed by atoms with Gasteiger partial charge in [0, 0.05) is 0 Å². The summed E-state index contributed by atoms with van der Waals surface area (Å²) in [6.07, 6.45) is -2.63. The van der Waals surface area contributed by atoms with E-state index in [1.165, 1.54) is 0 Å². The summed E-state index contributed by atoms with van der Waals surface area (Å²) in [6, 6.07) is 8.17. The number of hydrogen-bond donors (Lipinski definition) is 1. The van der Waals surface area contributed by atoms with Crippen molar-refractivity contribution >= 4 is 18.0 Å². The Morgan fingerprint density at radius 2 is 1.89 bits per heavy atom. The summed E-state index contributed by atoms with van der Waals surface area (Å²) in [4.78, 5) is 38.6. The second kappa shape index (κ2) is 6.61. The van der Waals surface area contributed by atoms with Gasteiger partial charge in [0.1, 0.15) is 24.4 Å². The number of nitrogens with zero attached hydrogens (tertiary/aromatic N) is 1. The van der Waals surface area contributed by atoms with Gasteiger partial charge in [-0.1, -0.05) is 30.3 Å². The third-order valence-electron chi connectivity index (χ3n) is 4.48. The van der Waals surface area contributed by atoms with Crippen molar-refractivity contribution in [3.63, 3.8) is 0 Å². The zero-order valence-corrected chi connectivity index (χ0v) is 15.7. The average molecular weight is 377 g/mol. The maximum absolute atomic E-state index is 12.9. The molecule has 0 unspecified atom stereocenters. The highest BCUT2D eigenvalue weighted by Crippen LogP contribution is 2.43. The largest absolute Gasteiger partial charge is 0.458 e. The van der Waals surface area contributed by atoms with Gasteiger partial charge < -0.3 is 19.3 Å². The normalized spacial score (nSPS) is 29.7. The molecule has 0 radical (unpaired) electrons. The summed E-state index contributed by atoms with van der Waals surface area (Å²) in [7, 11) is 0. The first-order chi connectivity index (χ1) is 12.6. The van der Waals surface area contributed by atoms with E-state index in [1.54, 1.807) is 52.0 Å². The van der Waals surface area contributed by atoms with Gasteiger partial charge in [0.15, 0.2) is 0 Å². The van der Waals surface area contributed by atoms with Crippen molar-refractivity contribution in [2.45, 2.75) is 63.8 Å². The third kappa shape index (κ3) is 3.54. The third-order valence-corrected chi connectivity index (χ3v) is 4.48. The molecule has 0 aliphatic carbocycles.